The summed E-state index contributed by atoms with van der Waals surface area (Å²) < 4.78 is 10.1. The van der Waals surface area contributed by atoms with Crippen molar-refractivity contribution in [1.82, 2.24) is 5.32 Å². The third kappa shape index (κ3) is 2.19. The summed E-state index contributed by atoms with van der Waals surface area (Å²) in [7, 11) is 4.67. The molecule has 4 nitrogen and oxygen atoms in total. The quantitative estimate of drug-likeness (QED) is 0.686. The minimum atomic E-state index is -0.165. The van der Waals surface area contributed by atoms with Crippen molar-refractivity contribution in [2.24, 2.45) is 0 Å². The molecule has 0 unspecified atom stereocenters. The molecule has 0 saturated heterocycles. The smallest absolute Gasteiger partial charge is 0.322 e. The van der Waals surface area contributed by atoms with Gasteiger partial charge in [0, 0.05) is 18.7 Å². The topological polar surface area (TPSA) is 47.6 Å². The Morgan fingerprint density at radius 2 is 2.00 bits per heavy atom. The van der Waals surface area contributed by atoms with Gasteiger partial charge in [0.1, 0.15) is 11.5 Å². The first-order chi connectivity index (χ1) is 6.71. The van der Waals surface area contributed by atoms with Crippen LogP contribution in [0, 0.1) is 0 Å². The van der Waals surface area contributed by atoms with Crippen LogP contribution >= 0.6 is 0 Å². The van der Waals surface area contributed by atoms with E-state index in [1.54, 1.807) is 40.4 Å². The van der Waals surface area contributed by atoms with Crippen LogP contribution < -0.4 is 14.7 Å². The van der Waals surface area contributed by atoms with Crippen LogP contribution in [0.1, 0.15) is 10.4 Å². The Balaban J connectivity index is 3.10. The zero-order chi connectivity index (χ0) is 10.6. The van der Waals surface area contributed by atoms with Crippen molar-refractivity contribution < 1.29 is 14.2 Å². The highest BCUT2D eigenvalue weighted by molar-refractivity contribution is 6.00. The van der Waals surface area contributed by atoms with E-state index in [9.17, 15) is 4.79 Å². The van der Waals surface area contributed by atoms with E-state index in [0.717, 1.165) is 0 Å². The highest BCUT2D eigenvalue weighted by Gasteiger charge is 2.07. The lowest BCUT2D eigenvalue weighted by atomic mass is 10.2. The molecule has 1 aromatic rings. The Morgan fingerprint density at radius 3 is 2.50 bits per heavy atom. The molecule has 0 fully saturated rings. The first-order valence-corrected chi connectivity index (χ1v) is 4.16. The molecule has 5 heteroatoms. The van der Waals surface area contributed by atoms with Crippen LogP contribution in [0.25, 0.3) is 0 Å². The molecular formula is C9H12BNO3. The van der Waals surface area contributed by atoms with E-state index in [2.05, 4.69) is 5.32 Å². The Morgan fingerprint density at radius 1 is 1.36 bits per heavy atom. The van der Waals surface area contributed by atoms with Crippen LogP contribution in [0.2, 0.25) is 0 Å². The third-order valence-corrected chi connectivity index (χ3v) is 1.84. The number of hydrogen-bond acceptors (Lipinski definition) is 3. The monoisotopic (exact) mass is 193 g/mol. The molecule has 0 saturated carbocycles. The van der Waals surface area contributed by atoms with Gasteiger partial charge in [-0.25, -0.2) is 0 Å². The summed E-state index contributed by atoms with van der Waals surface area (Å²) in [4.78, 5) is 11.3. The van der Waals surface area contributed by atoms with Crippen molar-refractivity contribution in [3.05, 3.63) is 23.8 Å². The average molecular weight is 193 g/mol. The predicted octanol–water partition coefficient (Wildman–Crippen LogP) is -0.0183. The predicted molar refractivity (Wildman–Crippen MR) is 55.6 cm³/mol. The molecule has 1 aromatic carbocycles. The van der Waals surface area contributed by atoms with Gasteiger partial charge >= 0.3 is 8.05 Å². The molecule has 0 aliphatic heterocycles. The molecule has 0 radical (unpaired) electrons. The van der Waals surface area contributed by atoms with E-state index >= 15 is 0 Å². The van der Waals surface area contributed by atoms with E-state index in [1.165, 1.54) is 0 Å². The van der Waals surface area contributed by atoms with Gasteiger partial charge in [-0.15, -0.1) is 0 Å². The van der Waals surface area contributed by atoms with E-state index in [4.69, 9.17) is 9.39 Å². The first-order valence-electron chi connectivity index (χ1n) is 4.16. The summed E-state index contributed by atoms with van der Waals surface area (Å²) >= 11 is 0. The van der Waals surface area contributed by atoms with Gasteiger partial charge in [-0.2, -0.15) is 0 Å². The number of amides is 1. The Hall–Kier alpha value is -1.65. The number of benzene rings is 1. The second-order valence-corrected chi connectivity index (χ2v) is 2.68. The van der Waals surface area contributed by atoms with Crippen LogP contribution in [0.3, 0.4) is 0 Å². The molecule has 0 heterocycles. The maximum Gasteiger partial charge on any atom is 0.322 e. The van der Waals surface area contributed by atoms with E-state index in [1.807, 2.05) is 0 Å². The second kappa shape index (κ2) is 4.55. The summed E-state index contributed by atoms with van der Waals surface area (Å²) in [5, 5.41) is 2.53. The maximum absolute atomic E-state index is 11.3. The molecule has 0 atom stereocenters. The number of ether oxygens (including phenoxy) is 1. The SMILES string of the molecule is BOc1cc(OC)cc(C(=O)NC)c1. The normalized spacial score (nSPS) is 9.29. The lowest BCUT2D eigenvalue weighted by molar-refractivity contribution is 0.0962. The van der Waals surface area contributed by atoms with Crippen molar-refractivity contribution in [2.45, 2.75) is 0 Å². The fourth-order valence-electron chi connectivity index (χ4n) is 1.08. The van der Waals surface area contributed by atoms with Crippen molar-refractivity contribution in [3.8, 4) is 11.5 Å². The van der Waals surface area contributed by atoms with Gasteiger partial charge in [-0.3, -0.25) is 4.79 Å². The highest BCUT2D eigenvalue weighted by atomic mass is 16.5. The molecule has 1 N–H and O–H groups in total. The summed E-state index contributed by atoms with van der Waals surface area (Å²) in [6.07, 6.45) is 0. The van der Waals surface area contributed by atoms with Gasteiger partial charge in [0.2, 0.25) is 0 Å². The summed E-state index contributed by atoms with van der Waals surface area (Å²) in [6.45, 7) is 0. The minimum absolute atomic E-state index is 0.165. The van der Waals surface area contributed by atoms with Crippen LogP contribution in [0.5, 0.6) is 11.5 Å². The van der Waals surface area contributed by atoms with Crippen molar-refractivity contribution in [2.75, 3.05) is 14.2 Å². The Bertz CT molecular complexity index is 319. The fraction of sp³-hybridized carbons (Fsp3) is 0.222. The van der Waals surface area contributed by atoms with Crippen molar-refractivity contribution >= 4 is 14.0 Å². The van der Waals surface area contributed by atoms with Crippen LogP contribution in [-0.2, 0) is 0 Å². The molecule has 0 aromatic heterocycles. The summed E-state index contributed by atoms with van der Waals surface area (Å²) in [6, 6.07) is 5.02. The molecule has 1 rings (SSSR count). The van der Waals surface area contributed by atoms with Gasteiger partial charge in [0.05, 0.1) is 7.11 Å². The largest absolute Gasteiger partial charge is 0.568 e. The molecule has 0 bridgehead atoms. The van der Waals surface area contributed by atoms with E-state index < -0.39 is 0 Å². The minimum Gasteiger partial charge on any atom is -0.568 e. The van der Waals surface area contributed by atoms with E-state index in [-0.39, 0.29) is 5.91 Å². The number of rotatable bonds is 3. The number of carbonyl (C=O) groups is 1. The number of nitrogens with one attached hydrogen (secondary N) is 1. The third-order valence-electron chi connectivity index (χ3n) is 1.84. The Kier molecular flexibility index (Phi) is 3.39. The lowest BCUT2D eigenvalue weighted by Crippen LogP contribution is -2.17. The highest BCUT2D eigenvalue weighted by Crippen LogP contribution is 2.22. The van der Waals surface area contributed by atoms with Gasteiger partial charge in [-0.1, -0.05) is 0 Å². The van der Waals surface area contributed by atoms with Gasteiger partial charge in [0.15, 0.2) is 0 Å². The average Bonchev–Trinajstić information content (AvgIpc) is 2.27. The molecule has 14 heavy (non-hydrogen) atoms. The number of methoxy groups -OCH3 is 1. The zero-order valence-electron chi connectivity index (χ0n) is 8.46. The Labute approximate surface area is 83.7 Å². The number of carbonyl (C=O) groups excluding carboxylic acids is 1. The zero-order valence-corrected chi connectivity index (χ0v) is 8.46. The van der Waals surface area contributed by atoms with Crippen molar-refractivity contribution in [3.63, 3.8) is 0 Å². The fourth-order valence-corrected chi connectivity index (χ4v) is 1.08. The van der Waals surface area contributed by atoms with Crippen LogP contribution in [-0.4, -0.2) is 28.1 Å². The standard InChI is InChI=1S/C9H12BNO3/c1-11-9(12)6-3-7(13-2)5-8(4-6)14-10/h3-5H,10H2,1-2H3,(H,11,12). The molecule has 0 aliphatic carbocycles. The lowest BCUT2D eigenvalue weighted by Gasteiger charge is -2.07. The maximum atomic E-state index is 11.3. The summed E-state index contributed by atoms with van der Waals surface area (Å²) in [5.74, 6) is 1.04. The molecule has 0 aliphatic rings. The second-order valence-electron chi connectivity index (χ2n) is 2.68. The van der Waals surface area contributed by atoms with Crippen LogP contribution in [0.15, 0.2) is 18.2 Å². The molecule has 1 amide bonds. The van der Waals surface area contributed by atoms with Gasteiger partial charge in [-0.05, 0) is 12.1 Å². The first kappa shape index (κ1) is 10.4. The van der Waals surface area contributed by atoms with Crippen molar-refractivity contribution in [1.29, 1.82) is 0 Å². The number of hydrogen-bond donors (Lipinski definition) is 1. The molecule has 0 spiro atoms. The molecule has 74 valence electrons. The van der Waals surface area contributed by atoms with E-state index in [0.29, 0.717) is 17.1 Å². The van der Waals surface area contributed by atoms with Crippen LogP contribution in [0.4, 0.5) is 0 Å². The summed E-state index contributed by atoms with van der Waals surface area (Å²) in [5.41, 5.74) is 0.517. The van der Waals surface area contributed by atoms with Gasteiger partial charge in [0.25, 0.3) is 5.91 Å². The molecular weight excluding hydrogens is 181 g/mol. The van der Waals surface area contributed by atoms with Gasteiger partial charge < -0.3 is 14.7 Å².